The van der Waals surface area contributed by atoms with Gasteiger partial charge in [0.2, 0.25) is 0 Å². The van der Waals surface area contributed by atoms with Gasteiger partial charge in [0.1, 0.15) is 12.4 Å². The molecule has 5 heteroatoms. The van der Waals surface area contributed by atoms with Crippen molar-refractivity contribution >= 4 is 11.8 Å². The van der Waals surface area contributed by atoms with Crippen LogP contribution in [0.2, 0.25) is 0 Å². The number of ketones is 1. The molecule has 0 aromatic heterocycles. The Kier molecular flexibility index (Phi) is 6.73. The molecule has 0 N–H and O–H groups in total. The molecule has 1 aromatic rings. The van der Waals surface area contributed by atoms with Crippen LogP contribution >= 0.6 is 0 Å². The summed E-state index contributed by atoms with van der Waals surface area (Å²) in [6.45, 7) is 4.55. The minimum atomic E-state index is -0.372. The summed E-state index contributed by atoms with van der Waals surface area (Å²) in [5.74, 6) is 0.138. The van der Waals surface area contributed by atoms with Gasteiger partial charge in [0, 0.05) is 17.7 Å². The zero-order valence-corrected chi connectivity index (χ0v) is 12.1. The number of ether oxygens (including phenoxy) is 3. The Bertz CT molecular complexity index is 467. The second-order valence-electron chi connectivity index (χ2n) is 4.18. The van der Waals surface area contributed by atoms with Gasteiger partial charge in [0.05, 0.1) is 20.1 Å². The quantitative estimate of drug-likeness (QED) is 0.414. The van der Waals surface area contributed by atoms with E-state index < -0.39 is 0 Å². The molecule has 1 rings (SSSR count). The molecule has 0 saturated heterocycles. The van der Waals surface area contributed by atoms with Crippen LogP contribution in [0, 0.1) is 0 Å². The average Bonchev–Trinajstić information content (AvgIpc) is 2.43. The van der Waals surface area contributed by atoms with Crippen LogP contribution in [0.25, 0.3) is 0 Å². The molecule has 0 bridgehead atoms. The molecule has 5 nitrogen and oxygen atoms in total. The standard InChI is InChI=1S/C15H20O5/c1-4-19-7-8-20-15(17)10-13-9-12(11(2)16)5-6-14(13)18-3/h5-6,9H,4,7-8,10H2,1-3H3. The van der Waals surface area contributed by atoms with Crippen molar-refractivity contribution in [1.29, 1.82) is 0 Å². The molecule has 0 aliphatic rings. The van der Waals surface area contributed by atoms with Gasteiger partial charge < -0.3 is 14.2 Å². The van der Waals surface area contributed by atoms with Crippen LogP contribution in [0.15, 0.2) is 18.2 Å². The van der Waals surface area contributed by atoms with Gasteiger partial charge in [0.15, 0.2) is 5.78 Å². The molecule has 0 heterocycles. The van der Waals surface area contributed by atoms with Crippen molar-refractivity contribution < 1.29 is 23.8 Å². The third kappa shape index (κ3) is 5.01. The van der Waals surface area contributed by atoms with E-state index in [2.05, 4.69) is 0 Å². The highest BCUT2D eigenvalue weighted by molar-refractivity contribution is 5.94. The van der Waals surface area contributed by atoms with Gasteiger partial charge in [-0.2, -0.15) is 0 Å². The summed E-state index contributed by atoms with van der Waals surface area (Å²) in [6.07, 6.45) is 0.0659. The summed E-state index contributed by atoms with van der Waals surface area (Å²) in [5.41, 5.74) is 1.18. The molecule has 0 spiro atoms. The van der Waals surface area contributed by atoms with Crippen molar-refractivity contribution in [1.82, 2.24) is 0 Å². The number of esters is 1. The van der Waals surface area contributed by atoms with Crippen molar-refractivity contribution in [2.75, 3.05) is 26.9 Å². The molecule has 0 aliphatic carbocycles. The monoisotopic (exact) mass is 280 g/mol. The number of rotatable bonds is 8. The fourth-order valence-corrected chi connectivity index (χ4v) is 1.70. The largest absolute Gasteiger partial charge is 0.496 e. The summed E-state index contributed by atoms with van der Waals surface area (Å²) in [7, 11) is 1.52. The highest BCUT2D eigenvalue weighted by Gasteiger charge is 2.12. The molecule has 0 unspecified atom stereocenters. The molecular formula is C15H20O5. The Morgan fingerprint density at radius 2 is 1.95 bits per heavy atom. The van der Waals surface area contributed by atoms with Crippen molar-refractivity contribution in [3.05, 3.63) is 29.3 Å². The number of carbonyl (C=O) groups excluding carboxylic acids is 2. The number of methoxy groups -OCH3 is 1. The number of benzene rings is 1. The molecular weight excluding hydrogens is 260 g/mol. The smallest absolute Gasteiger partial charge is 0.310 e. The molecule has 0 radical (unpaired) electrons. The zero-order valence-electron chi connectivity index (χ0n) is 12.1. The Morgan fingerprint density at radius 3 is 2.55 bits per heavy atom. The lowest BCUT2D eigenvalue weighted by Gasteiger charge is -2.10. The highest BCUT2D eigenvalue weighted by Crippen LogP contribution is 2.21. The molecule has 0 aliphatic heterocycles. The van der Waals surface area contributed by atoms with Crippen LogP contribution in [-0.2, 0) is 20.7 Å². The first-order valence-electron chi connectivity index (χ1n) is 6.49. The van der Waals surface area contributed by atoms with E-state index in [1.807, 2.05) is 6.92 Å². The Labute approximate surface area is 118 Å². The van der Waals surface area contributed by atoms with Gasteiger partial charge in [-0.15, -0.1) is 0 Å². The van der Waals surface area contributed by atoms with E-state index in [9.17, 15) is 9.59 Å². The second-order valence-corrected chi connectivity index (χ2v) is 4.18. The van der Waals surface area contributed by atoms with E-state index in [0.29, 0.717) is 30.1 Å². The second kappa shape index (κ2) is 8.32. The van der Waals surface area contributed by atoms with Crippen LogP contribution in [0.4, 0.5) is 0 Å². The SMILES string of the molecule is CCOCCOC(=O)Cc1cc(C(C)=O)ccc1OC. The number of Topliss-reactive ketones (excluding diaryl/α,β-unsaturated/α-hetero) is 1. The maximum atomic E-state index is 11.7. The number of carbonyl (C=O) groups is 2. The first-order chi connectivity index (χ1) is 9.58. The van der Waals surface area contributed by atoms with Crippen molar-refractivity contribution in [3.8, 4) is 5.75 Å². The lowest BCUT2D eigenvalue weighted by molar-refractivity contribution is -0.144. The van der Waals surface area contributed by atoms with Gasteiger partial charge in [-0.3, -0.25) is 9.59 Å². The first-order valence-corrected chi connectivity index (χ1v) is 6.49. The third-order valence-corrected chi connectivity index (χ3v) is 2.72. The third-order valence-electron chi connectivity index (χ3n) is 2.72. The number of hydrogen-bond acceptors (Lipinski definition) is 5. The van der Waals surface area contributed by atoms with E-state index >= 15 is 0 Å². The fourth-order valence-electron chi connectivity index (χ4n) is 1.70. The van der Waals surface area contributed by atoms with Crippen LogP contribution in [-0.4, -0.2) is 38.7 Å². The summed E-state index contributed by atoms with van der Waals surface area (Å²) in [4.78, 5) is 23.1. The Balaban J connectivity index is 2.67. The van der Waals surface area contributed by atoms with Crippen molar-refractivity contribution in [2.45, 2.75) is 20.3 Å². The average molecular weight is 280 g/mol. The minimum absolute atomic E-state index is 0.0568. The van der Waals surface area contributed by atoms with E-state index in [0.717, 1.165) is 0 Å². The number of hydrogen-bond donors (Lipinski definition) is 0. The predicted molar refractivity (Wildman–Crippen MR) is 74.2 cm³/mol. The molecule has 0 amide bonds. The molecule has 110 valence electrons. The molecule has 0 saturated carbocycles. The van der Waals surface area contributed by atoms with Gasteiger partial charge in [0.25, 0.3) is 0 Å². The normalized spacial score (nSPS) is 10.2. The maximum Gasteiger partial charge on any atom is 0.310 e. The zero-order chi connectivity index (χ0) is 15.0. The molecule has 0 fully saturated rings. The molecule has 1 aromatic carbocycles. The van der Waals surface area contributed by atoms with Crippen LogP contribution in [0.3, 0.4) is 0 Å². The molecule has 0 atom stereocenters. The van der Waals surface area contributed by atoms with Gasteiger partial charge in [-0.05, 0) is 32.0 Å². The van der Waals surface area contributed by atoms with Gasteiger partial charge >= 0.3 is 5.97 Å². The van der Waals surface area contributed by atoms with E-state index in [4.69, 9.17) is 14.2 Å². The first kappa shape index (κ1) is 16.2. The van der Waals surface area contributed by atoms with Gasteiger partial charge in [-0.1, -0.05) is 0 Å². The van der Waals surface area contributed by atoms with Crippen LogP contribution in [0.5, 0.6) is 5.75 Å². The Morgan fingerprint density at radius 1 is 1.20 bits per heavy atom. The van der Waals surface area contributed by atoms with Gasteiger partial charge in [-0.25, -0.2) is 0 Å². The lowest BCUT2D eigenvalue weighted by Crippen LogP contribution is -2.13. The van der Waals surface area contributed by atoms with Crippen molar-refractivity contribution in [2.24, 2.45) is 0 Å². The highest BCUT2D eigenvalue weighted by atomic mass is 16.6. The Hall–Kier alpha value is -1.88. The van der Waals surface area contributed by atoms with Crippen molar-refractivity contribution in [3.63, 3.8) is 0 Å². The fraction of sp³-hybridized carbons (Fsp3) is 0.467. The van der Waals surface area contributed by atoms with E-state index in [1.54, 1.807) is 18.2 Å². The van der Waals surface area contributed by atoms with Crippen LogP contribution < -0.4 is 4.74 Å². The minimum Gasteiger partial charge on any atom is -0.496 e. The maximum absolute atomic E-state index is 11.7. The predicted octanol–water partition coefficient (Wildman–Crippen LogP) is 2.02. The van der Waals surface area contributed by atoms with E-state index in [1.165, 1.54) is 14.0 Å². The summed E-state index contributed by atoms with van der Waals surface area (Å²) in [5, 5.41) is 0. The molecule has 20 heavy (non-hydrogen) atoms. The summed E-state index contributed by atoms with van der Waals surface area (Å²) in [6, 6.07) is 5.01. The summed E-state index contributed by atoms with van der Waals surface area (Å²) < 4.78 is 15.3. The topological polar surface area (TPSA) is 61.8 Å². The summed E-state index contributed by atoms with van der Waals surface area (Å²) >= 11 is 0. The lowest BCUT2D eigenvalue weighted by atomic mass is 10.0. The van der Waals surface area contributed by atoms with E-state index in [-0.39, 0.29) is 24.8 Å². The van der Waals surface area contributed by atoms with Crippen LogP contribution in [0.1, 0.15) is 29.8 Å².